The molecule has 106 valence electrons. The SMILES string of the molecule is Cc1nnnn1-c1cccc(NC(=O)c2ccoc2Cl)c1. The van der Waals surface area contributed by atoms with Crippen molar-refractivity contribution in [1.82, 2.24) is 20.2 Å². The molecule has 3 rings (SSSR count). The molecule has 0 aliphatic rings. The van der Waals surface area contributed by atoms with Gasteiger partial charge in [-0.15, -0.1) is 5.10 Å². The number of hydrogen-bond acceptors (Lipinski definition) is 5. The van der Waals surface area contributed by atoms with Crippen molar-refractivity contribution in [3.63, 3.8) is 0 Å². The lowest BCUT2D eigenvalue weighted by Gasteiger charge is -2.07. The van der Waals surface area contributed by atoms with E-state index in [1.807, 2.05) is 6.07 Å². The van der Waals surface area contributed by atoms with E-state index in [0.29, 0.717) is 11.5 Å². The van der Waals surface area contributed by atoms with Crippen molar-refractivity contribution in [1.29, 1.82) is 0 Å². The second-order valence-electron chi connectivity index (χ2n) is 4.25. The first-order valence-corrected chi connectivity index (χ1v) is 6.43. The lowest BCUT2D eigenvalue weighted by molar-refractivity contribution is 0.102. The summed E-state index contributed by atoms with van der Waals surface area (Å²) in [5.41, 5.74) is 1.62. The van der Waals surface area contributed by atoms with Gasteiger partial charge < -0.3 is 9.73 Å². The maximum Gasteiger partial charge on any atom is 0.260 e. The Balaban J connectivity index is 1.86. The lowest BCUT2D eigenvalue weighted by atomic mass is 10.2. The van der Waals surface area contributed by atoms with Gasteiger partial charge in [-0.2, -0.15) is 4.68 Å². The third-order valence-corrected chi connectivity index (χ3v) is 3.13. The van der Waals surface area contributed by atoms with E-state index in [1.54, 1.807) is 29.8 Å². The number of halogens is 1. The van der Waals surface area contributed by atoms with Gasteiger partial charge in [-0.3, -0.25) is 4.79 Å². The minimum atomic E-state index is -0.348. The third-order valence-electron chi connectivity index (χ3n) is 2.84. The molecule has 1 N–H and O–H groups in total. The van der Waals surface area contributed by atoms with Crippen molar-refractivity contribution in [3.8, 4) is 5.69 Å². The smallest absolute Gasteiger partial charge is 0.260 e. The van der Waals surface area contributed by atoms with Gasteiger partial charge in [-0.25, -0.2) is 0 Å². The number of carbonyl (C=O) groups excluding carboxylic acids is 1. The fourth-order valence-corrected chi connectivity index (χ4v) is 2.04. The van der Waals surface area contributed by atoms with Crippen LogP contribution in [0.25, 0.3) is 5.69 Å². The van der Waals surface area contributed by atoms with Crippen molar-refractivity contribution in [2.45, 2.75) is 6.92 Å². The number of nitrogens with zero attached hydrogens (tertiary/aromatic N) is 4. The minimum absolute atomic E-state index is 0.0555. The zero-order chi connectivity index (χ0) is 14.8. The number of tetrazole rings is 1. The number of carbonyl (C=O) groups is 1. The Morgan fingerprint density at radius 2 is 2.24 bits per heavy atom. The summed E-state index contributed by atoms with van der Waals surface area (Å²) in [5.74, 6) is 0.302. The summed E-state index contributed by atoms with van der Waals surface area (Å²) in [5, 5.41) is 14.1. The number of benzene rings is 1. The van der Waals surface area contributed by atoms with E-state index in [9.17, 15) is 4.79 Å². The lowest BCUT2D eigenvalue weighted by Crippen LogP contribution is -2.11. The Morgan fingerprint density at radius 3 is 2.90 bits per heavy atom. The molecule has 3 aromatic rings. The molecule has 0 bridgehead atoms. The predicted octanol–water partition coefficient (Wildman–Crippen LogP) is 2.47. The van der Waals surface area contributed by atoms with Crippen LogP contribution in [0.15, 0.2) is 41.0 Å². The van der Waals surface area contributed by atoms with Gasteiger partial charge >= 0.3 is 0 Å². The van der Waals surface area contributed by atoms with E-state index in [2.05, 4.69) is 20.8 Å². The maximum atomic E-state index is 12.1. The highest BCUT2D eigenvalue weighted by Crippen LogP contribution is 2.20. The summed E-state index contributed by atoms with van der Waals surface area (Å²) in [6.45, 7) is 1.79. The largest absolute Gasteiger partial charge is 0.452 e. The van der Waals surface area contributed by atoms with Crippen molar-refractivity contribution in [2.24, 2.45) is 0 Å². The molecule has 8 heteroatoms. The molecule has 21 heavy (non-hydrogen) atoms. The van der Waals surface area contributed by atoms with E-state index in [-0.39, 0.29) is 16.7 Å². The van der Waals surface area contributed by atoms with Gasteiger partial charge in [0.05, 0.1) is 17.5 Å². The van der Waals surface area contributed by atoms with Gasteiger partial charge in [0.25, 0.3) is 5.91 Å². The van der Waals surface area contributed by atoms with Crippen LogP contribution in [0.1, 0.15) is 16.2 Å². The van der Waals surface area contributed by atoms with Crippen LogP contribution < -0.4 is 5.32 Å². The van der Waals surface area contributed by atoms with E-state index in [1.165, 1.54) is 12.3 Å². The van der Waals surface area contributed by atoms with E-state index < -0.39 is 0 Å². The number of amides is 1. The number of aromatic nitrogens is 4. The summed E-state index contributed by atoms with van der Waals surface area (Å²) in [6.07, 6.45) is 1.36. The topological polar surface area (TPSA) is 85.8 Å². The summed E-state index contributed by atoms with van der Waals surface area (Å²) >= 11 is 5.78. The highest BCUT2D eigenvalue weighted by molar-refractivity contribution is 6.32. The summed E-state index contributed by atoms with van der Waals surface area (Å²) in [7, 11) is 0. The Kier molecular flexibility index (Phi) is 3.41. The highest BCUT2D eigenvalue weighted by atomic mass is 35.5. The molecule has 2 heterocycles. The molecule has 1 aromatic carbocycles. The third kappa shape index (κ3) is 2.63. The number of anilines is 1. The summed E-state index contributed by atoms with van der Waals surface area (Å²) in [4.78, 5) is 12.1. The molecule has 2 aromatic heterocycles. The monoisotopic (exact) mass is 303 g/mol. The van der Waals surface area contributed by atoms with Crippen LogP contribution in [0.4, 0.5) is 5.69 Å². The van der Waals surface area contributed by atoms with E-state index in [4.69, 9.17) is 16.0 Å². The number of nitrogens with one attached hydrogen (secondary N) is 1. The van der Waals surface area contributed by atoms with Crippen LogP contribution in [0.3, 0.4) is 0 Å². The molecule has 0 aliphatic carbocycles. The average molecular weight is 304 g/mol. The molecule has 1 amide bonds. The quantitative estimate of drug-likeness (QED) is 0.803. The van der Waals surface area contributed by atoms with Gasteiger partial charge in [0.1, 0.15) is 0 Å². The minimum Gasteiger partial charge on any atom is -0.452 e. The molecule has 0 saturated carbocycles. The Labute approximate surface area is 124 Å². The number of aryl methyl sites for hydroxylation is 1. The second-order valence-corrected chi connectivity index (χ2v) is 4.59. The molecule has 0 aliphatic heterocycles. The number of furan rings is 1. The number of rotatable bonds is 3. The van der Waals surface area contributed by atoms with Crippen molar-refractivity contribution in [3.05, 3.63) is 53.2 Å². The molecule has 7 nitrogen and oxygen atoms in total. The Bertz CT molecular complexity index is 795. The van der Waals surface area contributed by atoms with E-state index >= 15 is 0 Å². The molecule has 0 saturated heterocycles. The molecule has 0 unspecified atom stereocenters. The van der Waals surface area contributed by atoms with Crippen molar-refractivity contribution in [2.75, 3.05) is 5.32 Å². The average Bonchev–Trinajstić information content (AvgIpc) is 3.07. The van der Waals surface area contributed by atoms with Crippen molar-refractivity contribution < 1.29 is 9.21 Å². The first-order chi connectivity index (χ1) is 10.1. The standard InChI is InChI=1S/C13H10ClN5O2/c1-8-16-17-18-19(8)10-4-2-3-9(7-10)15-13(20)11-5-6-21-12(11)14/h2-7H,1H3,(H,15,20). The van der Waals surface area contributed by atoms with Crippen LogP contribution >= 0.6 is 11.6 Å². The summed E-state index contributed by atoms with van der Waals surface area (Å²) < 4.78 is 6.47. The zero-order valence-electron chi connectivity index (χ0n) is 10.9. The first kappa shape index (κ1) is 13.3. The molecular weight excluding hydrogens is 294 g/mol. The summed E-state index contributed by atoms with van der Waals surface area (Å²) in [6, 6.07) is 8.66. The molecule has 0 spiro atoms. The molecule has 0 radical (unpaired) electrons. The molecular formula is C13H10ClN5O2. The maximum absolute atomic E-state index is 12.1. The Morgan fingerprint density at radius 1 is 1.38 bits per heavy atom. The number of hydrogen-bond donors (Lipinski definition) is 1. The van der Waals surface area contributed by atoms with Gasteiger partial charge in [0, 0.05) is 5.69 Å². The van der Waals surface area contributed by atoms with Crippen LogP contribution in [0.2, 0.25) is 5.22 Å². The Hall–Kier alpha value is -2.67. The molecule has 0 fully saturated rings. The van der Waals surface area contributed by atoms with Gasteiger partial charge in [0.2, 0.25) is 5.22 Å². The normalized spacial score (nSPS) is 10.6. The van der Waals surface area contributed by atoms with Gasteiger partial charge in [-0.1, -0.05) is 6.07 Å². The van der Waals surface area contributed by atoms with Gasteiger partial charge in [-0.05, 0) is 53.2 Å². The predicted molar refractivity (Wildman–Crippen MR) is 75.6 cm³/mol. The van der Waals surface area contributed by atoms with Crippen LogP contribution in [0.5, 0.6) is 0 Å². The first-order valence-electron chi connectivity index (χ1n) is 6.05. The van der Waals surface area contributed by atoms with Crippen LogP contribution in [-0.2, 0) is 0 Å². The van der Waals surface area contributed by atoms with Crippen LogP contribution in [0, 0.1) is 6.92 Å². The highest BCUT2D eigenvalue weighted by Gasteiger charge is 2.13. The van der Waals surface area contributed by atoms with Crippen molar-refractivity contribution >= 4 is 23.2 Å². The van der Waals surface area contributed by atoms with Crippen LogP contribution in [-0.4, -0.2) is 26.1 Å². The van der Waals surface area contributed by atoms with Gasteiger partial charge in [0.15, 0.2) is 5.82 Å². The fraction of sp³-hybridized carbons (Fsp3) is 0.0769. The zero-order valence-corrected chi connectivity index (χ0v) is 11.7. The van der Waals surface area contributed by atoms with E-state index in [0.717, 1.165) is 5.69 Å². The second kappa shape index (κ2) is 5.37. The fourth-order valence-electron chi connectivity index (χ4n) is 1.84. The molecule has 0 atom stereocenters.